The van der Waals surface area contributed by atoms with Crippen molar-refractivity contribution in [2.75, 3.05) is 25.0 Å². The van der Waals surface area contributed by atoms with Gasteiger partial charge in [-0.05, 0) is 19.9 Å². The van der Waals surface area contributed by atoms with Crippen LogP contribution in [0.25, 0.3) is 0 Å². The second kappa shape index (κ2) is 3.70. The van der Waals surface area contributed by atoms with E-state index >= 15 is 0 Å². The van der Waals surface area contributed by atoms with Crippen LogP contribution >= 0.6 is 0 Å². The van der Waals surface area contributed by atoms with E-state index in [9.17, 15) is 9.59 Å². The Morgan fingerprint density at radius 3 is 2.38 bits per heavy atom. The summed E-state index contributed by atoms with van der Waals surface area (Å²) in [6.45, 7) is 3.00. The predicted molar refractivity (Wildman–Crippen MR) is 53.0 cm³/mol. The molecule has 1 aromatic rings. The first-order chi connectivity index (χ1) is 6.09. The lowest BCUT2D eigenvalue weighted by Crippen LogP contribution is -2.41. The maximum absolute atomic E-state index is 11.1. The van der Waals surface area contributed by atoms with Gasteiger partial charge in [0.2, 0.25) is 10.9 Å². The minimum Gasteiger partial charge on any atom is -0.371 e. The zero-order valence-electron chi connectivity index (χ0n) is 7.96. The van der Waals surface area contributed by atoms with Crippen LogP contribution in [0.1, 0.15) is 12.0 Å². The normalized spacial score (nSPS) is 10.7. The van der Waals surface area contributed by atoms with Crippen molar-refractivity contribution in [2.24, 2.45) is 5.73 Å². The van der Waals surface area contributed by atoms with E-state index in [4.69, 9.17) is 5.73 Å². The van der Waals surface area contributed by atoms with Crippen LogP contribution in [0.5, 0.6) is 0 Å². The van der Waals surface area contributed by atoms with E-state index in [-0.39, 0.29) is 10.9 Å². The molecule has 4 heteroatoms. The SMILES string of the molecule is Cc1c(N(C)CCCN)c(=O)c1=O. The first-order valence-electron chi connectivity index (χ1n) is 4.30. The highest BCUT2D eigenvalue weighted by Gasteiger charge is 2.19. The highest BCUT2D eigenvalue weighted by molar-refractivity contribution is 5.57. The molecule has 0 bridgehead atoms. The number of anilines is 1. The Labute approximate surface area is 76.7 Å². The molecule has 1 aromatic carbocycles. The van der Waals surface area contributed by atoms with Crippen molar-refractivity contribution in [1.82, 2.24) is 0 Å². The third-order valence-corrected chi connectivity index (χ3v) is 2.20. The lowest BCUT2D eigenvalue weighted by Gasteiger charge is -2.21. The average molecular weight is 182 g/mol. The minimum atomic E-state index is -0.364. The van der Waals surface area contributed by atoms with Crippen molar-refractivity contribution in [2.45, 2.75) is 13.3 Å². The molecule has 0 aliphatic rings. The van der Waals surface area contributed by atoms with Crippen molar-refractivity contribution in [3.8, 4) is 0 Å². The molecule has 72 valence electrons. The molecule has 0 fully saturated rings. The molecule has 0 unspecified atom stereocenters. The summed E-state index contributed by atoms with van der Waals surface area (Å²) in [4.78, 5) is 23.8. The molecule has 13 heavy (non-hydrogen) atoms. The second-order valence-electron chi connectivity index (χ2n) is 3.20. The molecule has 1 rings (SSSR count). The van der Waals surface area contributed by atoms with Crippen LogP contribution in [0.15, 0.2) is 9.59 Å². The second-order valence-corrected chi connectivity index (χ2v) is 3.20. The standard InChI is InChI=1S/C9H14N2O2/c1-6-7(9(13)8(6)12)11(2)5-3-4-10/h3-5,10H2,1-2H3. The Bertz CT molecular complexity index is 363. The Morgan fingerprint density at radius 2 is 1.92 bits per heavy atom. The van der Waals surface area contributed by atoms with E-state index < -0.39 is 0 Å². The Balaban J connectivity index is 2.74. The summed E-state index contributed by atoms with van der Waals surface area (Å²) in [5.74, 6) is 0. The molecule has 0 saturated heterocycles. The molecule has 0 aliphatic heterocycles. The number of hydrogen-bond donors (Lipinski definition) is 1. The summed E-state index contributed by atoms with van der Waals surface area (Å²) >= 11 is 0. The van der Waals surface area contributed by atoms with Gasteiger partial charge in [0.1, 0.15) is 0 Å². The van der Waals surface area contributed by atoms with E-state index in [0.29, 0.717) is 17.8 Å². The van der Waals surface area contributed by atoms with E-state index in [1.54, 1.807) is 18.9 Å². The van der Waals surface area contributed by atoms with Gasteiger partial charge in [0, 0.05) is 19.2 Å². The molecular formula is C9H14N2O2. The summed E-state index contributed by atoms with van der Waals surface area (Å²) in [6, 6.07) is 0. The summed E-state index contributed by atoms with van der Waals surface area (Å²) in [6.07, 6.45) is 0.828. The van der Waals surface area contributed by atoms with Gasteiger partial charge >= 0.3 is 0 Å². The predicted octanol–water partition coefficient (Wildman–Crippen LogP) is -0.624. The fourth-order valence-corrected chi connectivity index (χ4v) is 1.39. The maximum Gasteiger partial charge on any atom is 0.249 e. The van der Waals surface area contributed by atoms with Crippen LogP contribution in [0.4, 0.5) is 5.69 Å². The Morgan fingerprint density at radius 1 is 1.31 bits per heavy atom. The van der Waals surface area contributed by atoms with Gasteiger partial charge in [0.05, 0.1) is 5.69 Å². The fourth-order valence-electron chi connectivity index (χ4n) is 1.39. The van der Waals surface area contributed by atoms with Crippen molar-refractivity contribution >= 4 is 5.69 Å². The third-order valence-electron chi connectivity index (χ3n) is 2.20. The third kappa shape index (κ3) is 1.62. The average Bonchev–Trinajstić information content (AvgIpc) is 2.14. The van der Waals surface area contributed by atoms with Crippen LogP contribution in [-0.2, 0) is 0 Å². The van der Waals surface area contributed by atoms with Crippen molar-refractivity contribution in [3.63, 3.8) is 0 Å². The summed E-state index contributed by atoms with van der Waals surface area (Å²) in [5.41, 5.74) is 5.75. The van der Waals surface area contributed by atoms with Crippen LogP contribution in [-0.4, -0.2) is 20.1 Å². The largest absolute Gasteiger partial charge is 0.371 e. The van der Waals surface area contributed by atoms with Crippen molar-refractivity contribution in [3.05, 3.63) is 26.0 Å². The molecule has 0 radical (unpaired) electrons. The van der Waals surface area contributed by atoms with Crippen molar-refractivity contribution in [1.29, 1.82) is 0 Å². The van der Waals surface area contributed by atoms with Crippen molar-refractivity contribution < 1.29 is 0 Å². The summed E-state index contributed by atoms with van der Waals surface area (Å²) < 4.78 is 0. The Kier molecular flexibility index (Phi) is 2.83. The monoisotopic (exact) mass is 182 g/mol. The highest BCUT2D eigenvalue weighted by Crippen LogP contribution is 2.10. The van der Waals surface area contributed by atoms with Gasteiger partial charge in [-0.25, -0.2) is 0 Å². The van der Waals surface area contributed by atoms with Crippen LogP contribution < -0.4 is 21.5 Å². The van der Waals surface area contributed by atoms with Gasteiger partial charge in [0.25, 0.3) is 0 Å². The maximum atomic E-state index is 11.1. The molecular weight excluding hydrogens is 168 g/mol. The number of rotatable bonds is 4. The molecule has 0 heterocycles. The zero-order valence-corrected chi connectivity index (χ0v) is 7.96. The van der Waals surface area contributed by atoms with Crippen LogP contribution in [0.2, 0.25) is 0 Å². The lowest BCUT2D eigenvalue weighted by atomic mass is 10.1. The topological polar surface area (TPSA) is 63.4 Å². The quantitative estimate of drug-likeness (QED) is 0.630. The molecule has 0 spiro atoms. The van der Waals surface area contributed by atoms with E-state index in [2.05, 4.69) is 0 Å². The summed E-state index contributed by atoms with van der Waals surface area (Å²) in [7, 11) is 1.80. The van der Waals surface area contributed by atoms with Gasteiger partial charge in [-0.3, -0.25) is 9.59 Å². The lowest BCUT2D eigenvalue weighted by molar-refractivity contribution is 0.787. The molecule has 2 N–H and O–H groups in total. The number of hydrogen-bond acceptors (Lipinski definition) is 4. The van der Waals surface area contributed by atoms with Gasteiger partial charge < -0.3 is 10.6 Å². The molecule has 0 aliphatic carbocycles. The van der Waals surface area contributed by atoms with Gasteiger partial charge in [-0.2, -0.15) is 0 Å². The van der Waals surface area contributed by atoms with Gasteiger partial charge in [-0.15, -0.1) is 0 Å². The first-order valence-corrected chi connectivity index (χ1v) is 4.30. The molecule has 0 atom stereocenters. The van der Waals surface area contributed by atoms with Gasteiger partial charge in [0.15, 0.2) is 0 Å². The van der Waals surface area contributed by atoms with E-state index in [0.717, 1.165) is 13.0 Å². The van der Waals surface area contributed by atoms with E-state index in [1.165, 1.54) is 0 Å². The minimum absolute atomic E-state index is 0.352. The number of nitrogens with two attached hydrogens (primary N) is 1. The first kappa shape index (κ1) is 9.92. The number of nitrogens with zero attached hydrogens (tertiary/aromatic N) is 1. The zero-order chi connectivity index (χ0) is 10.0. The fraction of sp³-hybridized carbons (Fsp3) is 0.556. The van der Waals surface area contributed by atoms with Crippen LogP contribution in [0, 0.1) is 6.92 Å². The van der Waals surface area contributed by atoms with Crippen LogP contribution in [0.3, 0.4) is 0 Å². The molecule has 4 nitrogen and oxygen atoms in total. The molecule has 0 aromatic heterocycles. The highest BCUT2D eigenvalue weighted by atomic mass is 16.2. The summed E-state index contributed by atoms with van der Waals surface area (Å²) in [5, 5.41) is 0. The molecule has 0 amide bonds. The molecule has 0 saturated carbocycles. The smallest absolute Gasteiger partial charge is 0.249 e. The van der Waals surface area contributed by atoms with Gasteiger partial charge in [-0.1, -0.05) is 0 Å². The Hall–Kier alpha value is -1.16. The van der Waals surface area contributed by atoms with E-state index in [1.807, 2.05) is 0 Å².